The maximum atomic E-state index is 11.4. The third-order valence-corrected chi connectivity index (χ3v) is 2.73. The van der Waals surface area contributed by atoms with Gasteiger partial charge >= 0.3 is 0 Å². The lowest BCUT2D eigenvalue weighted by Gasteiger charge is -2.04. The van der Waals surface area contributed by atoms with Gasteiger partial charge in [0.2, 0.25) is 0 Å². The fourth-order valence-corrected chi connectivity index (χ4v) is 1.73. The maximum Gasteiger partial charge on any atom is 0.251 e. The van der Waals surface area contributed by atoms with Crippen LogP contribution < -0.4 is 10.6 Å². The third kappa shape index (κ3) is 3.62. The molecule has 0 radical (unpaired) electrons. The molecule has 0 saturated carbocycles. The summed E-state index contributed by atoms with van der Waals surface area (Å²) in [6.45, 7) is 1.40. The Bertz CT molecular complexity index is 546. The number of nitrogens with one attached hydrogen (secondary N) is 2. The van der Waals surface area contributed by atoms with Crippen molar-refractivity contribution in [2.24, 2.45) is 7.05 Å². The summed E-state index contributed by atoms with van der Waals surface area (Å²) < 4.78 is 1.68. The van der Waals surface area contributed by atoms with E-state index in [1.165, 1.54) is 0 Å². The maximum absolute atomic E-state index is 11.4. The number of aryl methyl sites for hydroxylation is 1. The Morgan fingerprint density at radius 1 is 1.26 bits per heavy atom. The molecule has 1 aromatic carbocycles. The molecule has 6 nitrogen and oxygen atoms in total. The molecular weight excluding hydrogens is 242 g/mol. The highest BCUT2D eigenvalue weighted by atomic mass is 16.1. The van der Waals surface area contributed by atoms with Crippen LogP contribution in [0, 0.1) is 0 Å². The largest absolute Gasteiger partial charge is 0.355 e. The monoisotopic (exact) mass is 259 g/mol. The zero-order chi connectivity index (χ0) is 13.7. The molecular formula is C13H17N5O. The van der Waals surface area contributed by atoms with E-state index in [9.17, 15) is 4.79 Å². The van der Waals surface area contributed by atoms with Gasteiger partial charge in [0.25, 0.3) is 5.91 Å². The molecule has 0 bridgehead atoms. The van der Waals surface area contributed by atoms with Crippen molar-refractivity contribution in [1.29, 1.82) is 0 Å². The van der Waals surface area contributed by atoms with E-state index in [1.54, 1.807) is 11.7 Å². The number of benzene rings is 1. The minimum Gasteiger partial charge on any atom is -0.355 e. The van der Waals surface area contributed by atoms with Gasteiger partial charge in [-0.2, -0.15) is 0 Å². The van der Waals surface area contributed by atoms with Crippen LogP contribution in [0.15, 0.2) is 30.5 Å². The van der Waals surface area contributed by atoms with Gasteiger partial charge in [0, 0.05) is 38.9 Å². The van der Waals surface area contributed by atoms with Crippen molar-refractivity contribution in [1.82, 2.24) is 25.6 Å². The number of carbonyl (C=O) groups is 1. The molecule has 1 aromatic heterocycles. The lowest BCUT2D eigenvalue weighted by molar-refractivity contribution is 0.0963. The molecule has 0 unspecified atom stereocenters. The van der Waals surface area contributed by atoms with Crippen LogP contribution in [0.25, 0.3) is 0 Å². The van der Waals surface area contributed by atoms with Crippen molar-refractivity contribution < 1.29 is 4.79 Å². The first-order valence-electron chi connectivity index (χ1n) is 6.06. The Balaban J connectivity index is 1.84. The normalized spacial score (nSPS) is 10.4. The Hall–Kier alpha value is -2.21. The van der Waals surface area contributed by atoms with Crippen molar-refractivity contribution in [3.05, 3.63) is 47.3 Å². The van der Waals surface area contributed by atoms with Crippen LogP contribution in [-0.2, 0) is 20.1 Å². The lowest BCUT2D eigenvalue weighted by atomic mass is 10.1. The van der Waals surface area contributed by atoms with Gasteiger partial charge in [-0.15, -0.1) is 5.10 Å². The fourth-order valence-electron chi connectivity index (χ4n) is 1.73. The van der Waals surface area contributed by atoms with Crippen LogP contribution >= 0.6 is 0 Å². The Morgan fingerprint density at radius 2 is 2.00 bits per heavy atom. The first-order valence-corrected chi connectivity index (χ1v) is 6.06. The van der Waals surface area contributed by atoms with Crippen molar-refractivity contribution in [3.8, 4) is 0 Å². The highest BCUT2D eigenvalue weighted by Crippen LogP contribution is 2.04. The van der Waals surface area contributed by atoms with E-state index in [-0.39, 0.29) is 5.91 Å². The van der Waals surface area contributed by atoms with Crippen LogP contribution in [0.3, 0.4) is 0 Å². The highest BCUT2D eigenvalue weighted by molar-refractivity contribution is 5.93. The van der Waals surface area contributed by atoms with E-state index in [0.29, 0.717) is 12.1 Å². The van der Waals surface area contributed by atoms with Gasteiger partial charge in [-0.25, -0.2) is 0 Å². The minimum absolute atomic E-state index is 0.0703. The molecule has 0 aliphatic carbocycles. The summed E-state index contributed by atoms with van der Waals surface area (Å²) in [5.41, 5.74) is 2.70. The van der Waals surface area contributed by atoms with Crippen LogP contribution in [0.5, 0.6) is 0 Å². The second-order valence-electron chi connectivity index (χ2n) is 4.26. The molecule has 1 heterocycles. The molecule has 0 saturated heterocycles. The minimum atomic E-state index is -0.0703. The topological polar surface area (TPSA) is 71.8 Å². The van der Waals surface area contributed by atoms with Crippen molar-refractivity contribution in [2.75, 3.05) is 7.05 Å². The molecule has 0 spiro atoms. The number of carbonyl (C=O) groups excluding carboxylic acids is 1. The highest BCUT2D eigenvalue weighted by Gasteiger charge is 2.02. The number of nitrogens with zero attached hydrogens (tertiary/aromatic N) is 3. The van der Waals surface area contributed by atoms with Crippen molar-refractivity contribution in [2.45, 2.75) is 13.1 Å². The molecule has 19 heavy (non-hydrogen) atoms. The summed E-state index contributed by atoms with van der Waals surface area (Å²) in [7, 11) is 3.46. The SMILES string of the molecule is CNC(=O)c1ccc(CNCc2cn(C)nn2)cc1. The lowest BCUT2D eigenvalue weighted by Crippen LogP contribution is -2.18. The smallest absolute Gasteiger partial charge is 0.251 e. The van der Waals surface area contributed by atoms with Crippen LogP contribution in [-0.4, -0.2) is 27.9 Å². The summed E-state index contributed by atoms with van der Waals surface area (Å²) >= 11 is 0. The number of rotatable bonds is 5. The molecule has 0 fully saturated rings. The zero-order valence-electron chi connectivity index (χ0n) is 11.1. The predicted molar refractivity (Wildman–Crippen MR) is 71.4 cm³/mol. The Kier molecular flexibility index (Phi) is 4.25. The fraction of sp³-hybridized carbons (Fsp3) is 0.308. The molecule has 2 N–H and O–H groups in total. The van der Waals surface area contributed by atoms with E-state index >= 15 is 0 Å². The molecule has 2 rings (SSSR count). The standard InChI is InChI=1S/C13H17N5O/c1-14-13(19)11-5-3-10(4-6-11)7-15-8-12-9-18(2)17-16-12/h3-6,9,15H,7-8H2,1-2H3,(H,14,19). The van der Waals surface area contributed by atoms with Crippen LogP contribution in [0.1, 0.15) is 21.6 Å². The average molecular weight is 259 g/mol. The van der Waals surface area contributed by atoms with E-state index < -0.39 is 0 Å². The summed E-state index contributed by atoms with van der Waals surface area (Å²) in [5, 5.41) is 13.7. The quantitative estimate of drug-likeness (QED) is 0.818. The molecule has 6 heteroatoms. The van der Waals surface area contributed by atoms with Crippen molar-refractivity contribution >= 4 is 5.91 Å². The summed E-state index contributed by atoms with van der Waals surface area (Å²) in [4.78, 5) is 11.4. The van der Waals surface area contributed by atoms with Gasteiger partial charge < -0.3 is 10.6 Å². The van der Waals surface area contributed by atoms with Crippen LogP contribution in [0.2, 0.25) is 0 Å². The van der Waals surface area contributed by atoms with Gasteiger partial charge in [0.05, 0.1) is 5.69 Å². The Morgan fingerprint density at radius 3 is 2.58 bits per heavy atom. The molecule has 0 aliphatic rings. The molecule has 0 aliphatic heterocycles. The summed E-state index contributed by atoms with van der Waals surface area (Å²) in [6, 6.07) is 7.51. The second kappa shape index (κ2) is 6.10. The number of hydrogen-bond donors (Lipinski definition) is 2. The van der Waals surface area contributed by atoms with Gasteiger partial charge in [-0.05, 0) is 17.7 Å². The van der Waals surface area contributed by atoms with E-state index in [0.717, 1.165) is 17.8 Å². The summed E-state index contributed by atoms with van der Waals surface area (Å²) in [5.74, 6) is -0.0703. The third-order valence-electron chi connectivity index (χ3n) is 2.73. The first kappa shape index (κ1) is 13.2. The first-order chi connectivity index (χ1) is 9.19. The summed E-state index contributed by atoms with van der Waals surface area (Å²) in [6.07, 6.45) is 1.88. The van der Waals surface area contributed by atoms with Gasteiger partial charge in [0.15, 0.2) is 0 Å². The number of amides is 1. The van der Waals surface area contributed by atoms with E-state index in [1.807, 2.05) is 37.5 Å². The molecule has 0 atom stereocenters. The molecule has 100 valence electrons. The number of hydrogen-bond acceptors (Lipinski definition) is 4. The second-order valence-corrected chi connectivity index (χ2v) is 4.26. The van der Waals surface area contributed by atoms with Crippen molar-refractivity contribution in [3.63, 3.8) is 0 Å². The zero-order valence-corrected chi connectivity index (χ0v) is 11.1. The Labute approximate surface area is 111 Å². The molecule has 1 amide bonds. The number of aromatic nitrogens is 3. The van der Waals surface area contributed by atoms with E-state index in [4.69, 9.17) is 0 Å². The van der Waals surface area contributed by atoms with Gasteiger partial charge in [0.1, 0.15) is 0 Å². The average Bonchev–Trinajstić information content (AvgIpc) is 2.84. The van der Waals surface area contributed by atoms with E-state index in [2.05, 4.69) is 20.9 Å². The van der Waals surface area contributed by atoms with Crippen LogP contribution in [0.4, 0.5) is 0 Å². The van der Waals surface area contributed by atoms with Gasteiger partial charge in [-0.3, -0.25) is 9.48 Å². The predicted octanol–water partition coefficient (Wildman–Crippen LogP) is 0.464. The van der Waals surface area contributed by atoms with Gasteiger partial charge in [-0.1, -0.05) is 17.3 Å². The molecule has 2 aromatic rings.